The minimum absolute atomic E-state index is 0.340. The van der Waals surface area contributed by atoms with Crippen LogP contribution in [0.15, 0.2) is 54.6 Å². The predicted molar refractivity (Wildman–Crippen MR) is 107 cm³/mol. The number of rotatable bonds is 5. The lowest BCUT2D eigenvalue weighted by Gasteiger charge is -2.06. The first-order chi connectivity index (χ1) is 13.3. The second kappa shape index (κ2) is 8.33. The van der Waals surface area contributed by atoms with Gasteiger partial charge in [-0.05, 0) is 30.3 Å². The van der Waals surface area contributed by atoms with E-state index < -0.39 is 29.0 Å². The summed E-state index contributed by atoms with van der Waals surface area (Å²) in [5.41, 5.74) is 5.05. The third-order valence-corrected chi connectivity index (χ3v) is 5.16. The van der Waals surface area contributed by atoms with Crippen molar-refractivity contribution >= 4 is 46.5 Å². The molecule has 142 valence electrons. The van der Waals surface area contributed by atoms with Gasteiger partial charge in [0.25, 0.3) is 5.91 Å². The first-order valence-electron chi connectivity index (χ1n) is 7.98. The molecule has 1 heterocycles. The molecule has 0 atom stereocenters. The molecular weight excluding hydrogens is 406 g/mol. The van der Waals surface area contributed by atoms with Gasteiger partial charge in [0, 0.05) is 32.5 Å². The number of carbonyl (C=O) groups is 2. The molecule has 0 saturated carbocycles. The van der Waals surface area contributed by atoms with Gasteiger partial charge < -0.3 is 11.1 Å². The fourth-order valence-corrected chi connectivity index (χ4v) is 3.66. The van der Waals surface area contributed by atoms with Crippen molar-refractivity contribution in [3.05, 3.63) is 81.7 Å². The smallest absolute Gasteiger partial charge is 0.251 e. The normalized spacial score (nSPS) is 11.0. The molecule has 8 heteroatoms. The number of hydrogen-bond acceptors (Lipinski definition) is 3. The van der Waals surface area contributed by atoms with Gasteiger partial charge in [0.05, 0.1) is 11.3 Å². The average Bonchev–Trinajstić information content (AvgIpc) is 3.11. The van der Waals surface area contributed by atoms with E-state index in [1.54, 1.807) is 12.1 Å². The Kier molecular flexibility index (Phi) is 5.87. The zero-order valence-electron chi connectivity index (χ0n) is 14.2. The van der Waals surface area contributed by atoms with E-state index in [0.717, 1.165) is 21.4 Å². The number of carbonyl (C=O) groups excluding carboxylic acids is 2. The number of amides is 2. The maximum atomic E-state index is 13.8. The highest BCUT2D eigenvalue weighted by Gasteiger charge is 2.15. The van der Waals surface area contributed by atoms with E-state index >= 15 is 0 Å². The summed E-state index contributed by atoms with van der Waals surface area (Å²) < 4.78 is 27.3. The van der Waals surface area contributed by atoms with Gasteiger partial charge >= 0.3 is 0 Å². The number of hydrogen-bond donors (Lipinski definition) is 2. The first-order valence-corrected chi connectivity index (χ1v) is 9.17. The molecule has 3 rings (SSSR count). The highest BCUT2D eigenvalue weighted by molar-refractivity contribution is 7.16. The molecule has 0 saturated heterocycles. The van der Waals surface area contributed by atoms with Crippen molar-refractivity contribution in [1.29, 1.82) is 0 Å². The molecule has 0 aliphatic carbocycles. The molecule has 0 aliphatic rings. The Morgan fingerprint density at radius 1 is 1.07 bits per heavy atom. The molecule has 2 aromatic carbocycles. The van der Waals surface area contributed by atoms with Crippen LogP contribution in [0.5, 0.6) is 0 Å². The summed E-state index contributed by atoms with van der Waals surface area (Å²) in [5.74, 6) is -3.81. The van der Waals surface area contributed by atoms with Gasteiger partial charge in [-0.3, -0.25) is 9.59 Å². The third-order valence-electron chi connectivity index (χ3n) is 3.75. The number of nitrogens with two attached hydrogens (primary N) is 1. The molecule has 0 unspecified atom stereocenters. The number of nitrogens with one attached hydrogen (secondary N) is 1. The van der Waals surface area contributed by atoms with Crippen LogP contribution in [-0.4, -0.2) is 11.8 Å². The summed E-state index contributed by atoms with van der Waals surface area (Å²) >= 11 is 7.60. The molecule has 2 amide bonds. The third kappa shape index (κ3) is 4.44. The maximum absolute atomic E-state index is 13.8. The topological polar surface area (TPSA) is 72.2 Å². The van der Waals surface area contributed by atoms with E-state index in [-0.39, 0.29) is 5.69 Å². The number of halogens is 3. The van der Waals surface area contributed by atoms with Crippen LogP contribution in [0.1, 0.15) is 15.2 Å². The molecule has 1 aromatic heterocycles. The van der Waals surface area contributed by atoms with E-state index in [1.165, 1.54) is 17.4 Å². The summed E-state index contributed by atoms with van der Waals surface area (Å²) in [6.45, 7) is 0. The van der Waals surface area contributed by atoms with Gasteiger partial charge in [0.1, 0.15) is 11.6 Å². The summed E-state index contributed by atoms with van der Waals surface area (Å²) in [7, 11) is 0. The van der Waals surface area contributed by atoms with E-state index in [2.05, 4.69) is 5.32 Å². The standard InChI is InChI=1S/C20H13ClF2N2O2S/c21-14-4-2-1-3-12(14)18-7-5-11(28-18)6-8-19(26)25-17-9-13(20(24)27)15(22)10-16(17)23/h1-10H,(H2,24,27)(H,25,26)/b8-6+. The van der Waals surface area contributed by atoms with Crippen molar-refractivity contribution < 1.29 is 18.4 Å². The Labute approximate surface area is 168 Å². The van der Waals surface area contributed by atoms with Gasteiger partial charge in [-0.2, -0.15) is 0 Å². The van der Waals surface area contributed by atoms with Crippen LogP contribution in [-0.2, 0) is 4.79 Å². The number of thiophene rings is 1. The van der Waals surface area contributed by atoms with E-state index in [9.17, 15) is 18.4 Å². The summed E-state index contributed by atoms with van der Waals surface area (Å²) in [6, 6.07) is 12.4. The molecule has 0 bridgehead atoms. The van der Waals surface area contributed by atoms with E-state index in [0.29, 0.717) is 11.1 Å². The molecule has 4 nitrogen and oxygen atoms in total. The highest BCUT2D eigenvalue weighted by Crippen LogP contribution is 2.33. The van der Waals surface area contributed by atoms with Gasteiger partial charge in [-0.1, -0.05) is 29.8 Å². The van der Waals surface area contributed by atoms with Crippen LogP contribution >= 0.6 is 22.9 Å². The van der Waals surface area contributed by atoms with Crippen molar-refractivity contribution in [2.45, 2.75) is 0 Å². The molecule has 3 N–H and O–H groups in total. The Morgan fingerprint density at radius 3 is 2.54 bits per heavy atom. The second-order valence-corrected chi connectivity index (χ2v) is 7.20. The van der Waals surface area contributed by atoms with Crippen molar-refractivity contribution in [2.24, 2.45) is 5.73 Å². The first kappa shape index (κ1) is 19.7. The lowest BCUT2D eigenvalue weighted by atomic mass is 10.1. The minimum atomic E-state index is -1.09. The van der Waals surface area contributed by atoms with Crippen molar-refractivity contribution in [3.8, 4) is 10.4 Å². The van der Waals surface area contributed by atoms with E-state index in [4.69, 9.17) is 17.3 Å². The molecule has 0 radical (unpaired) electrons. The van der Waals surface area contributed by atoms with Crippen molar-refractivity contribution in [3.63, 3.8) is 0 Å². The zero-order chi connectivity index (χ0) is 20.3. The number of benzene rings is 2. The van der Waals surface area contributed by atoms with E-state index in [1.807, 2.05) is 30.3 Å². The Bertz CT molecular complexity index is 1100. The Balaban J connectivity index is 1.74. The van der Waals surface area contributed by atoms with Crippen molar-refractivity contribution in [2.75, 3.05) is 5.32 Å². The van der Waals surface area contributed by atoms with Gasteiger partial charge in [0.15, 0.2) is 0 Å². The maximum Gasteiger partial charge on any atom is 0.251 e. The fourth-order valence-electron chi connectivity index (χ4n) is 2.41. The lowest BCUT2D eigenvalue weighted by Crippen LogP contribution is -2.16. The van der Waals surface area contributed by atoms with Crippen molar-refractivity contribution in [1.82, 2.24) is 0 Å². The zero-order valence-corrected chi connectivity index (χ0v) is 15.8. The van der Waals surface area contributed by atoms with Gasteiger partial charge in [-0.15, -0.1) is 11.3 Å². The molecular formula is C20H13ClF2N2O2S. The summed E-state index contributed by atoms with van der Waals surface area (Å²) in [5, 5.41) is 2.88. The minimum Gasteiger partial charge on any atom is -0.366 e. The predicted octanol–water partition coefficient (Wildman–Crippen LogP) is 5.10. The summed E-state index contributed by atoms with van der Waals surface area (Å²) in [4.78, 5) is 24.9. The summed E-state index contributed by atoms with van der Waals surface area (Å²) in [6.07, 6.45) is 2.76. The Morgan fingerprint density at radius 2 is 1.82 bits per heavy atom. The van der Waals surface area contributed by atoms with Crippen LogP contribution in [0.25, 0.3) is 16.5 Å². The number of primary amides is 1. The Hall–Kier alpha value is -3.03. The second-order valence-electron chi connectivity index (χ2n) is 5.68. The quantitative estimate of drug-likeness (QED) is 0.566. The molecule has 0 spiro atoms. The fraction of sp³-hybridized carbons (Fsp3) is 0. The SMILES string of the molecule is NC(=O)c1cc(NC(=O)/C=C/c2ccc(-c3ccccc3Cl)s2)c(F)cc1F. The molecule has 0 aliphatic heterocycles. The molecule has 3 aromatic rings. The highest BCUT2D eigenvalue weighted by atomic mass is 35.5. The molecule has 0 fully saturated rings. The van der Waals surface area contributed by atoms with Crippen LogP contribution in [0, 0.1) is 11.6 Å². The molecule has 28 heavy (non-hydrogen) atoms. The van der Waals surface area contributed by atoms with Crippen LogP contribution in [0.2, 0.25) is 5.02 Å². The van der Waals surface area contributed by atoms with Crippen LogP contribution in [0.4, 0.5) is 14.5 Å². The van der Waals surface area contributed by atoms with Crippen LogP contribution < -0.4 is 11.1 Å². The van der Waals surface area contributed by atoms with Gasteiger partial charge in [0.2, 0.25) is 5.91 Å². The monoisotopic (exact) mass is 418 g/mol. The average molecular weight is 419 g/mol. The largest absolute Gasteiger partial charge is 0.366 e. The lowest BCUT2D eigenvalue weighted by molar-refractivity contribution is -0.111. The van der Waals surface area contributed by atoms with Crippen LogP contribution in [0.3, 0.4) is 0 Å². The van der Waals surface area contributed by atoms with Gasteiger partial charge in [-0.25, -0.2) is 8.78 Å². The number of anilines is 1.